The Morgan fingerprint density at radius 1 is 1.24 bits per heavy atom. The van der Waals surface area contributed by atoms with E-state index in [0.29, 0.717) is 0 Å². The van der Waals surface area contributed by atoms with Gasteiger partial charge in [0.25, 0.3) is 0 Å². The van der Waals surface area contributed by atoms with Gasteiger partial charge in [-0.15, -0.1) is 0 Å². The molecule has 0 aliphatic rings. The molecular formula is C17H26N2O2. The van der Waals surface area contributed by atoms with E-state index in [9.17, 15) is 0 Å². The Labute approximate surface area is 127 Å². The molecule has 1 N–H and O–H groups in total. The number of hydrogen-bond donors (Lipinski definition) is 1. The molecule has 21 heavy (non-hydrogen) atoms. The topological polar surface area (TPSA) is 41.6 Å². The molecule has 116 valence electrons. The van der Waals surface area contributed by atoms with E-state index in [2.05, 4.69) is 37.2 Å². The fourth-order valence-electron chi connectivity index (χ4n) is 2.41. The van der Waals surface area contributed by atoms with Crippen LogP contribution in [0.4, 0.5) is 0 Å². The summed E-state index contributed by atoms with van der Waals surface area (Å²) in [5.74, 6) is 3.05. The smallest absolute Gasteiger partial charge is 0.120 e. The Hall–Kier alpha value is -1.52. The second kappa shape index (κ2) is 7.48. The zero-order chi connectivity index (χ0) is 15.2. The van der Waals surface area contributed by atoms with Gasteiger partial charge in [-0.2, -0.15) is 0 Å². The SMILES string of the molecule is CCCNCc1oc(CN(C)Cc2ccoc2C)cc1C. The third-order valence-corrected chi connectivity index (χ3v) is 3.62. The minimum atomic E-state index is 0.805. The predicted octanol–water partition coefficient (Wildman–Crippen LogP) is 3.62. The maximum atomic E-state index is 5.95. The Morgan fingerprint density at radius 2 is 2.05 bits per heavy atom. The number of nitrogens with zero attached hydrogens (tertiary/aromatic N) is 1. The molecule has 0 spiro atoms. The molecular weight excluding hydrogens is 264 g/mol. The summed E-state index contributed by atoms with van der Waals surface area (Å²) in [6.07, 6.45) is 2.88. The van der Waals surface area contributed by atoms with E-state index in [1.165, 1.54) is 11.1 Å². The fraction of sp³-hybridized carbons (Fsp3) is 0.529. The van der Waals surface area contributed by atoms with Gasteiger partial charge in [-0.3, -0.25) is 4.90 Å². The van der Waals surface area contributed by atoms with Crippen LogP contribution in [0.3, 0.4) is 0 Å². The molecule has 0 fully saturated rings. The molecule has 2 heterocycles. The van der Waals surface area contributed by atoms with E-state index >= 15 is 0 Å². The quantitative estimate of drug-likeness (QED) is 0.754. The fourth-order valence-corrected chi connectivity index (χ4v) is 2.41. The molecule has 0 aliphatic carbocycles. The first kappa shape index (κ1) is 15.9. The molecule has 0 aliphatic heterocycles. The maximum absolute atomic E-state index is 5.95. The van der Waals surface area contributed by atoms with Gasteiger partial charge in [0.05, 0.1) is 19.4 Å². The van der Waals surface area contributed by atoms with Crippen LogP contribution in [0.15, 0.2) is 27.2 Å². The molecule has 0 saturated carbocycles. The molecule has 0 aromatic carbocycles. The lowest BCUT2D eigenvalue weighted by Gasteiger charge is -2.14. The van der Waals surface area contributed by atoms with Crippen molar-refractivity contribution < 1.29 is 8.83 Å². The Kier molecular flexibility index (Phi) is 5.65. The van der Waals surface area contributed by atoms with Crippen molar-refractivity contribution in [1.82, 2.24) is 10.2 Å². The highest BCUT2D eigenvalue weighted by Crippen LogP contribution is 2.18. The molecule has 0 atom stereocenters. The average molecular weight is 290 g/mol. The van der Waals surface area contributed by atoms with Crippen molar-refractivity contribution in [3.8, 4) is 0 Å². The number of furan rings is 2. The van der Waals surface area contributed by atoms with E-state index in [-0.39, 0.29) is 0 Å². The van der Waals surface area contributed by atoms with Gasteiger partial charge < -0.3 is 14.2 Å². The van der Waals surface area contributed by atoms with E-state index in [1.807, 2.05) is 13.0 Å². The Balaban J connectivity index is 1.90. The van der Waals surface area contributed by atoms with Crippen molar-refractivity contribution in [2.45, 2.75) is 46.8 Å². The van der Waals surface area contributed by atoms with Gasteiger partial charge in [0.1, 0.15) is 17.3 Å². The molecule has 4 nitrogen and oxygen atoms in total. The van der Waals surface area contributed by atoms with Crippen molar-refractivity contribution in [1.29, 1.82) is 0 Å². The molecule has 2 aromatic heterocycles. The molecule has 0 radical (unpaired) electrons. The maximum Gasteiger partial charge on any atom is 0.120 e. The van der Waals surface area contributed by atoms with Crippen molar-refractivity contribution >= 4 is 0 Å². The third kappa shape index (κ3) is 4.48. The van der Waals surface area contributed by atoms with Gasteiger partial charge in [0.2, 0.25) is 0 Å². The van der Waals surface area contributed by atoms with E-state index in [4.69, 9.17) is 8.83 Å². The number of nitrogens with one attached hydrogen (secondary N) is 1. The summed E-state index contributed by atoms with van der Waals surface area (Å²) in [7, 11) is 2.10. The second-order valence-electron chi connectivity index (χ2n) is 5.67. The van der Waals surface area contributed by atoms with Crippen molar-refractivity contribution in [3.63, 3.8) is 0 Å². The molecule has 0 saturated heterocycles. The van der Waals surface area contributed by atoms with Crippen molar-refractivity contribution in [2.75, 3.05) is 13.6 Å². The third-order valence-electron chi connectivity index (χ3n) is 3.62. The van der Waals surface area contributed by atoms with E-state index in [1.54, 1.807) is 6.26 Å². The summed E-state index contributed by atoms with van der Waals surface area (Å²) in [5, 5.41) is 3.38. The number of rotatable bonds is 8. The van der Waals surface area contributed by atoms with Gasteiger partial charge in [0, 0.05) is 12.1 Å². The molecule has 0 unspecified atom stereocenters. The van der Waals surface area contributed by atoms with Gasteiger partial charge in [-0.25, -0.2) is 0 Å². The summed E-state index contributed by atoms with van der Waals surface area (Å²) in [6.45, 7) is 9.78. The largest absolute Gasteiger partial charge is 0.469 e. The molecule has 2 rings (SSSR count). The highest BCUT2D eigenvalue weighted by Gasteiger charge is 2.11. The average Bonchev–Trinajstić information content (AvgIpc) is 2.97. The van der Waals surface area contributed by atoms with Gasteiger partial charge in [0.15, 0.2) is 0 Å². The molecule has 4 heteroatoms. The zero-order valence-corrected chi connectivity index (χ0v) is 13.5. The molecule has 0 bridgehead atoms. The highest BCUT2D eigenvalue weighted by molar-refractivity contribution is 5.20. The standard InChI is InChI=1S/C17H26N2O2/c1-5-7-18-10-17-13(2)9-16(21-17)12-19(4)11-15-6-8-20-14(15)3/h6,8-9,18H,5,7,10-12H2,1-4H3. The summed E-state index contributed by atoms with van der Waals surface area (Å²) in [4.78, 5) is 2.24. The van der Waals surface area contributed by atoms with Crippen LogP contribution in [0.1, 0.15) is 41.8 Å². The van der Waals surface area contributed by atoms with Crippen LogP contribution < -0.4 is 5.32 Å². The van der Waals surface area contributed by atoms with E-state index in [0.717, 1.165) is 49.9 Å². The van der Waals surface area contributed by atoms with E-state index < -0.39 is 0 Å². The van der Waals surface area contributed by atoms with Crippen LogP contribution in [0.5, 0.6) is 0 Å². The van der Waals surface area contributed by atoms with Crippen LogP contribution in [-0.2, 0) is 19.6 Å². The lowest BCUT2D eigenvalue weighted by molar-refractivity contribution is 0.281. The van der Waals surface area contributed by atoms with Crippen molar-refractivity contribution in [3.05, 3.63) is 46.8 Å². The minimum absolute atomic E-state index is 0.805. The summed E-state index contributed by atoms with van der Waals surface area (Å²) >= 11 is 0. The summed E-state index contributed by atoms with van der Waals surface area (Å²) in [5.41, 5.74) is 2.45. The Morgan fingerprint density at radius 3 is 2.71 bits per heavy atom. The van der Waals surface area contributed by atoms with Gasteiger partial charge in [-0.1, -0.05) is 6.92 Å². The second-order valence-corrected chi connectivity index (χ2v) is 5.67. The Bertz CT molecular complexity index is 557. The summed E-state index contributed by atoms with van der Waals surface area (Å²) in [6, 6.07) is 4.17. The number of aryl methyl sites for hydroxylation is 2. The lowest BCUT2D eigenvalue weighted by atomic mass is 10.2. The minimum Gasteiger partial charge on any atom is -0.469 e. The summed E-state index contributed by atoms with van der Waals surface area (Å²) < 4.78 is 11.3. The highest BCUT2D eigenvalue weighted by atomic mass is 16.3. The van der Waals surface area contributed by atoms with Gasteiger partial charge in [-0.05, 0) is 51.6 Å². The molecule has 2 aromatic rings. The van der Waals surface area contributed by atoms with Gasteiger partial charge >= 0.3 is 0 Å². The first-order valence-corrected chi connectivity index (χ1v) is 7.60. The van der Waals surface area contributed by atoms with Crippen LogP contribution in [0.2, 0.25) is 0 Å². The monoisotopic (exact) mass is 290 g/mol. The van der Waals surface area contributed by atoms with Crippen LogP contribution in [0.25, 0.3) is 0 Å². The first-order chi connectivity index (χ1) is 10.1. The van der Waals surface area contributed by atoms with Crippen molar-refractivity contribution in [2.24, 2.45) is 0 Å². The number of hydrogen-bond acceptors (Lipinski definition) is 4. The predicted molar refractivity (Wildman–Crippen MR) is 84.1 cm³/mol. The van der Waals surface area contributed by atoms with Crippen LogP contribution in [0, 0.1) is 13.8 Å². The first-order valence-electron chi connectivity index (χ1n) is 7.60. The zero-order valence-electron chi connectivity index (χ0n) is 13.5. The molecule has 0 amide bonds. The lowest BCUT2D eigenvalue weighted by Crippen LogP contribution is -2.17. The van der Waals surface area contributed by atoms with Crippen LogP contribution in [-0.4, -0.2) is 18.5 Å². The van der Waals surface area contributed by atoms with Crippen LogP contribution >= 0.6 is 0 Å². The normalized spacial score (nSPS) is 11.5.